The first-order valence-electron chi connectivity index (χ1n) is 23.5. The molecule has 2 heterocycles. The molecule has 0 radical (unpaired) electrons. The van der Waals surface area contributed by atoms with Gasteiger partial charge in [0.1, 0.15) is 11.2 Å². The number of nitrogens with zero attached hydrogens (tertiary/aromatic N) is 2. The molecule has 0 aliphatic heterocycles. The van der Waals surface area contributed by atoms with Crippen LogP contribution in [0, 0.1) is 0 Å². The molecule has 12 rings (SSSR count). The number of para-hydroxylation sites is 4. The molecule has 0 atom stereocenters. The third kappa shape index (κ3) is 5.44. The van der Waals surface area contributed by atoms with Crippen molar-refractivity contribution >= 4 is 82.4 Å². The van der Waals surface area contributed by atoms with Gasteiger partial charge in [-0.3, -0.25) is 0 Å². The summed E-state index contributed by atoms with van der Waals surface area (Å²) in [6.07, 6.45) is 0. The minimum atomic E-state index is -0.425. The number of hydrogen-bond acceptors (Lipinski definition) is 2. The van der Waals surface area contributed by atoms with Crippen LogP contribution in [0.2, 0.25) is 0 Å². The van der Waals surface area contributed by atoms with Crippen LogP contribution in [-0.2, 0) is 0 Å². The van der Waals surface area contributed by atoms with Gasteiger partial charge in [0.05, 0.1) is 27.7 Å². The number of anilines is 3. The molecule has 0 amide bonds. The fourth-order valence-corrected chi connectivity index (χ4v) is 8.53. The monoisotopic (exact) mass is 760 g/mol. The van der Waals surface area contributed by atoms with Gasteiger partial charge < -0.3 is 13.9 Å². The Morgan fingerprint density at radius 3 is 1.78 bits per heavy atom. The molecule has 0 unspecified atom stereocenters. The molecule has 0 saturated heterocycles. The van der Waals surface area contributed by atoms with Gasteiger partial charge >= 0.3 is 0 Å². The Morgan fingerprint density at radius 1 is 0.407 bits per heavy atom. The topological polar surface area (TPSA) is 21.3 Å². The van der Waals surface area contributed by atoms with E-state index < -0.39 is 24.2 Å². The van der Waals surface area contributed by atoms with E-state index in [0.29, 0.717) is 39.0 Å². The first-order valence-corrected chi connectivity index (χ1v) is 19.5. The summed E-state index contributed by atoms with van der Waals surface area (Å²) in [6.45, 7) is 0. The average molecular weight is 761 g/mol. The molecular formula is C56H36N2O. The summed E-state index contributed by atoms with van der Waals surface area (Å²) in [5, 5.41) is 7.34. The fourth-order valence-electron chi connectivity index (χ4n) is 8.53. The molecule has 3 heteroatoms. The molecule has 0 spiro atoms. The predicted octanol–water partition coefficient (Wildman–Crippen LogP) is 15.8. The Bertz CT molecular complexity index is 3950. The summed E-state index contributed by atoms with van der Waals surface area (Å²) in [7, 11) is 0. The zero-order chi connectivity index (χ0) is 45.8. The summed E-state index contributed by atoms with van der Waals surface area (Å²) >= 11 is 0. The van der Waals surface area contributed by atoms with Crippen molar-refractivity contribution in [3.63, 3.8) is 0 Å². The number of fused-ring (bicyclic) bond motifs is 9. The van der Waals surface area contributed by atoms with Crippen molar-refractivity contribution in [2.24, 2.45) is 0 Å². The third-order valence-electron chi connectivity index (χ3n) is 11.3. The molecule has 2 aromatic heterocycles. The molecule has 0 fully saturated rings. The molecule has 0 aliphatic carbocycles. The van der Waals surface area contributed by atoms with Gasteiger partial charge in [0.2, 0.25) is 0 Å². The van der Waals surface area contributed by atoms with E-state index in [1.807, 2.05) is 152 Å². The minimum absolute atomic E-state index is 0.0416. The molecule has 3 nitrogen and oxygen atoms in total. The maximum absolute atomic E-state index is 9.87. The zero-order valence-corrected chi connectivity index (χ0v) is 31.5. The lowest BCUT2D eigenvalue weighted by molar-refractivity contribution is 0.672. The first-order chi connectivity index (χ1) is 32.6. The third-order valence-corrected chi connectivity index (χ3v) is 11.3. The highest BCUT2D eigenvalue weighted by atomic mass is 16.3. The van der Waals surface area contributed by atoms with Crippen LogP contribution in [0.15, 0.2) is 223 Å². The van der Waals surface area contributed by atoms with Crippen LogP contribution in [0.5, 0.6) is 0 Å². The van der Waals surface area contributed by atoms with Gasteiger partial charge in [0, 0.05) is 49.6 Å². The predicted molar refractivity (Wildman–Crippen MR) is 249 cm³/mol. The quantitative estimate of drug-likeness (QED) is 0.168. The van der Waals surface area contributed by atoms with E-state index in [1.54, 1.807) is 22.8 Å². The number of benzene rings is 10. The normalized spacial score (nSPS) is 13.6. The van der Waals surface area contributed by atoms with E-state index in [1.165, 1.54) is 4.90 Å². The summed E-state index contributed by atoms with van der Waals surface area (Å²) in [4.78, 5) is 1.39. The highest BCUT2D eigenvalue weighted by Crippen LogP contribution is 2.44. The Morgan fingerprint density at radius 2 is 1.00 bits per heavy atom. The Labute approximate surface area is 352 Å². The molecule has 12 aromatic rings. The van der Waals surface area contributed by atoms with Crippen molar-refractivity contribution in [3.05, 3.63) is 218 Å². The van der Waals surface area contributed by atoms with Crippen LogP contribution in [-0.4, -0.2) is 4.57 Å². The second-order valence-electron chi connectivity index (χ2n) is 14.7. The van der Waals surface area contributed by atoms with Crippen LogP contribution in [0.1, 0.15) is 11.0 Å². The Hall–Kier alpha value is -7.88. The van der Waals surface area contributed by atoms with Crippen molar-refractivity contribution in [1.29, 1.82) is 0 Å². The molecule has 0 bridgehead atoms. The van der Waals surface area contributed by atoms with Gasteiger partial charge in [-0.05, 0) is 112 Å². The number of hydrogen-bond donors (Lipinski definition) is 0. The van der Waals surface area contributed by atoms with Crippen molar-refractivity contribution in [1.82, 2.24) is 4.57 Å². The van der Waals surface area contributed by atoms with Gasteiger partial charge in [0.25, 0.3) is 0 Å². The molecular weight excluding hydrogens is 717 g/mol. The summed E-state index contributed by atoms with van der Waals surface area (Å²) in [5.74, 6) is 0. The smallest absolute Gasteiger partial charge is 0.143 e. The van der Waals surface area contributed by atoms with E-state index in [0.717, 1.165) is 48.7 Å². The second-order valence-corrected chi connectivity index (χ2v) is 14.7. The van der Waals surface area contributed by atoms with Crippen molar-refractivity contribution in [3.8, 4) is 27.9 Å². The SMILES string of the molecule is [2H]c1c([2H])c(N(c2ccccc2-c2ccc3ccc4c5ccccc5oc4c3c2)c2c([2H])c([2H])c(-n3c4ccccc4c4ccccc43)c([2H])c2[2H])c([2H])c([2H])c1-c1ccc2ccccc2c1. The average Bonchev–Trinajstić information content (AvgIpc) is 3.91. The van der Waals surface area contributed by atoms with Gasteiger partial charge in [0.15, 0.2) is 0 Å². The molecule has 276 valence electrons. The van der Waals surface area contributed by atoms with Crippen LogP contribution < -0.4 is 4.90 Å². The van der Waals surface area contributed by atoms with Gasteiger partial charge in [-0.15, -0.1) is 0 Å². The summed E-state index contributed by atoms with van der Waals surface area (Å²) in [5.41, 5.74) is 4.68. The lowest BCUT2D eigenvalue weighted by Gasteiger charge is -2.28. The van der Waals surface area contributed by atoms with Crippen LogP contribution in [0.4, 0.5) is 17.1 Å². The van der Waals surface area contributed by atoms with E-state index in [-0.39, 0.29) is 46.8 Å². The largest absolute Gasteiger partial charge is 0.455 e. The summed E-state index contributed by atoms with van der Waals surface area (Å²) < 4.78 is 86.1. The number of aromatic nitrogens is 1. The minimum Gasteiger partial charge on any atom is -0.455 e. The maximum atomic E-state index is 9.87. The Balaban J connectivity index is 1.14. The molecule has 10 aromatic carbocycles. The van der Waals surface area contributed by atoms with Crippen molar-refractivity contribution in [2.75, 3.05) is 4.90 Å². The van der Waals surface area contributed by atoms with Crippen molar-refractivity contribution < 1.29 is 15.4 Å². The van der Waals surface area contributed by atoms with Crippen molar-refractivity contribution in [2.45, 2.75) is 0 Å². The standard InChI is InChI=1S/C56H36N2O/c1-2-12-40-35-41(23-21-37(40)11-1)38-25-28-43(29-26-38)57(44-30-32-45(33-31-44)58-53-18-8-4-14-47(53)48-15-5-9-19-54(48)58)52-17-7-3-13-46(52)42-24-22-39-27-34-50-49-16-6-10-20-55(49)59-56(50)51(39)36-42/h1-36H/i25D,26D,28D,29D,30D,31D,32D,33D. The van der Waals surface area contributed by atoms with Gasteiger partial charge in [-0.25, -0.2) is 0 Å². The zero-order valence-electron chi connectivity index (χ0n) is 39.5. The highest BCUT2D eigenvalue weighted by Gasteiger charge is 2.20. The molecule has 59 heavy (non-hydrogen) atoms. The van der Waals surface area contributed by atoms with Gasteiger partial charge in [-0.1, -0.05) is 139 Å². The van der Waals surface area contributed by atoms with Crippen LogP contribution in [0.25, 0.3) is 93.2 Å². The first kappa shape index (κ1) is 26.1. The molecule has 0 N–H and O–H groups in total. The van der Waals surface area contributed by atoms with Gasteiger partial charge in [-0.2, -0.15) is 0 Å². The number of furan rings is 1. The molecule has 0 aliphatic rings. The van der Waals surface area contributed by atoms with E-state index in [9.17, 15) is 11.0 Å². The van der Waals surface area contributed by atoms with E-state index in [4.69, 9.17) is 4.42 Å². The molecule has 0 saturated carbocycles. The van der Waals surface area contributed by atoms with Crippen LogP contribution in [0.3, 0.4) is 0 Å². The highest BCUT2D eigenvalue weighted by molar-refractivity contribution is 6.16. The lowest BCUT2D eigenvalue weighted by Crippen LogP contribution is -2.11. The lowest BCUT2D eigenvalue weighted by atomic mass is 9.97. The van der Waals surface area contributed by atoms with Crippen LogP contribution >= 0.6 is 0 Å². The Kier molecular flexibility index (Phi) is 5.92. The fraction of sp³-hybridized carbons (Fsp3) is 0. The maximum Gasteiger partial charge on any atom is 0.143 e. The van der Waals surface area contributed by atoms with E-state index >= 15 is 0 Å². The summed E-state index contributed by atoms with van der Waals surface area (Å²) in [6, 6.07) is 50.7. The second kappa shape index (κ2) is 13.4. The number of rotatable bonds is 6. The van der Waals surface area contributed by atoms with E-state index in [2.05, 4.69) is 0 Å².